The van der Waals surface area contributed by atoms with Gasteiger partial charge in [0.05, 0.1) is 12.6 Å². The highest BCUT2D eigenvalue weighted by Gasteiger charge is 2.26. The number of carbonyl (C=O) groups excluding carboxylic acids is 1. The molecule has 5 nitrogen and oxygen atoms in total. The van der Waals surface area contributed by atoms with Crippen molar-refractivity contribution in [2.45, 2.75) is 45.1 Å². The van der Waals surface area contributed by atoms with Gasteiger partial charge in [-0.3, -0.25) is 10.2 Å². The highest BCUT2D eigenvalue weighted by atomic mass is 16.5. The number of nitrogens with one attached hydrogen (secondary N) is 2. The van der Waals surface area contributed by atoms with E-state index in [9.17, 15) is 4.79 Å². The average Bonchev–Trinajstić information content (AvgIpc) is 2.60. The molecule has 0 bridgehead atoms. The van der Waals surface area contributed by atoms with E-state index in [1.807, 2.05) is 12.1 Å². The third kappa shape index (κ3) is 4.71. The predicted molar refractivity (Wildman–Crippen MR) is 94.6 cm³/mol. The highest BCUT2D eigenvalue weighted by Crippen LogP contribution is 2.27. The van der Waals surface area contributed by atoms with E-state index in [1.54, 1.807) is 0 Å². The van der Waals surface area contributed by atoms with Gasteiger partial charge >= 0.3 is 0 Å². The Morgan fingerprint density at radius 3 is 2.62 bits per heavy atom. The van der Waals surface area contributed by atoms with Crippen molar-refractivity contribution < 1.29 is 9.53 Å². The first-order valence-electron chi connectivity index (χ1n) is 9.22. The summed E-state index contributed by atoms with van der Waals surface area (Å²) in [6.07, 6.45) is 5.71. The van der Waals surface area contributed by atoms with E-state index >= 15 is 0 Å². The van der Waals surface area contributed by atoms with E-state index in [0.29, 0.717) is 6.42 Å². The van der Waals surface area contributed by atoms with Crippen LogP contribution >= 0.6 is 0 Å². The lowest BCUT2D eigenvalue weighted by Gasteiger charge is -2.30. The van der Waals surface area contributed by atoms with E-state index < -0.39 is 0 Å². The predicted octanol–water partition coefficient (Wildman–Crippen LogP) is 2.64. The topological polar surface area (TPSA) is 53.6 Å². The summed E-state index contributed by atoms with van der Waals surface area (Å²) in [5, 5.41) is 0. The Kier molecular flexibility index (Phi) is 6.10. The van der Waals surface area contributed by atoms with Crippen LogP contribution in [0.4, 0.5) is 0 Å². The first-order chi connectivity index (χ1) is 11.7. The molecule has 0 aromatic heterocycles. The minimum absolute atomic E-state index is 0.0624. The zero-order valence-corrected chi connectivity index (χ0v) is 14.6. The van der Waals surface area contributed by atoms with Gasteiger partial charge in [0.1, 0.15) is 5.75 Å². The lowest BCUT2D eigenvalue weighted by atomic mass is 9.91. The minimum Gasteiger partial charge on any atom is -0.494 e. The molecule has 0 spiro atoms. The van der Waals surface area contributed by atoms with Crippen LogP contribution in [0.1, 0.15) is 50.6 Å². The number of amides is 1. The summed E-state index contributed by atoms with van der Waals surface area (Å²) in [7, 11) is 0. The molecule has 2 heterocycles. The van der Waals surface area contributed by atoms with E-state index in [4.69, 9.17) is 4.74 Å². The number of nitrogens with zero attached hydrogens (tertiary/aromatic N) is 1. The summed E-state index contributed by atoms with van der Waals surface area (Å²) >= 11 is 0. The number of hydrazine groups is 1. The summed E-state index contributed by atoms with van der Waals surface area (Å²) in [6.45, 7) is 6.50. The molecule has 0 saturated carbocycles. The van der Waals surface area contributed by atoms with Crippen LogP contribution in [0.3, 0.4) is 0 Å². The molecule has 24 heavy (non-hydrogen) atoms. The molecule has 2 atom stereocenters. The molecular weight excluding hydrogens is 302 g/mol. The van der Waals surface area contributed by atoms with Crippen LogP contribution in [0, 0.1) is 5.92 Å². The number of hydrogen-bond donors (Lipinski definition) is 2. The molecule has 2 unspecified atom stereocenters. The second-order valence-corrected chi connectivity index (χ2v) is 7.02. The van der Waals surface area contributed by atoms with Gasteiger partial charge in [-0.1, -0.05) is 25.5 Å². The Balaban J connectivity index is 1.42. The number of likely N-dealkylation sites (tertiary alicyclic amines) is 1. The van der Waals surface area contributed by atoms with Gasteiger partial charge in [0, 0.05) is 13.0 Å². The molecule has 2 aliphatic heterocycles. The molecule has 0 radical (unpaired) electrons. The van der Waals surface area contributed by atoms with Crippen molar-refractivity contribution in [1.82, 2.24) is 15.8 Å². The maximum atomic E-state index is 11.4. The van der Waals surface area contributed by atoms with Crippen LogP contribution in [0.2, 0.25) is 0 Å². The maximum Gasteiger partial charge on any atom is 0.234 e. The second kappa shape index (κ2) is 8.49. The summed E-state index contributed by atoms with van der Waals surface area (Å²) in [4.78, 5) is 13.9. The van der Waals surface area contributed by atoms with E-state index in [2.05, 4.69) is 34.8 Å². The molecule has 1 amide bonds. The molecule has 3 rings (SSSR count). The molecule has 1 aromatic carbocycles. The summed E-state index contributed by atoms with van der Waals surface area (Å²) < 4.78 is 5.87. The number of carbonyl (C=O) groups is 1. The van der Waals surface area contributed by atoms with Crippen molar-refractivity contribution in [2.75, 3.05) is 26.2 Å². The number of ether oxygens (including phenoxy) is 1. The Morgan fingerprint density at radius 2 is 1.92 bits per heavy atom. The first kappa shape index (κ1) is 17.2. The number of benzene rings is 1. The third-order valence-corrected chi connectivity index (χ3v) is 5.02. The monoisotopic (exact) mass is 331 g/mol. The number of hydrogen-bond acceptors (Lipinski definition) is 4. The zero-order chi connectivity index (χ0) is 16.8. The Morgan fingerprint density at radius 1 is 1.17 bits per heavy atom. The zero-order valence-electron chi connectivity index (χ0n) is 14.6. The van der Waals surface area contributed by atoms with Crippen LogP contribution in [-0.4, -0.2) is 37.0 Å². The van der Waals surface area contributed by atoms with Crippen molar-refractivity contribution in [3.8, 4) is 5.75 Å². The Labute approximate surface area is 144 Å². The average molecular weight is 331 g/mol. The molecular formula is C19H29N3O2. The Bertz CT molecular complexity index is 526. The fourth-order valence-corrected chi connectivity index (χ4v) is 3.61. The van der Waals surface area contributed by atoms with Crippen LogP contribution in [-0.2, 0) is 4.79 Å². The third-order valence-electron chi connectivity index (χ3n) is 5.02. The van der Waals surface area contributed by atoms with Crippen molar-refractivity contribution in [3.63, 3.8) is 0 Å². The van der Waals surface area contributed by atoms with Gasteiger partial charge in [-0.15, -0.1) is 0 Å². The number of piperidine rings is 1. The van der Waals surface area contributed by atoms with Crippen LogP contribution in [0.5, 0.6) is 5.75 Å². The largest absolute Gasteiger partial charge is 0.494 e. The Hall–Kier alpha value is -1.59. The van der Waals surface area contributed by atoms with Gasteiger partial charge in [-0.25, -0.2) is 5.43 Å². The molecule has 1 aromatic rings. The molecule has 0 aliphatic carbocycles. The standard InChI is InChI=1S/C19H29N3O2/c1-15-14-18(23)20-21-19(15)16-6-8-17(9-7-16)24-13-5-12-22-10-3-2-4-11-22/h6-9,15,19,21H,2-5,10-14H2,1H3,(H,20,23). The summed E-state index contributed by atoms with van der Waals surface area (Å²) in [5.74, 6) is 1.27. The van der Waals surface area contributed by atoms with E-state index in [0.717, 1.165) is 25.3 Å². The molecule has 2 fully saturated rings. The van der Waals surface area contributed by atoms with Crippen molar-refractivity contribution in [2.24, 2.45) is 5.92 Å². The van der Waals surface area contributed by atoms with Gasteiger partial charge in [0.2, 0.25) is 5.91 Å². The van der Waals surface area contributed by atoms with Crippen molar-refractivity contribution in [3.05, 3.63) is 29.8 Å². The lowest BCUT2D eigenvalue weighted by molar-refractivity contribution is -0.125. The fraction of sp³-hybridized carbons (Fsp3) is 0.632. The molecule has 132 valence electrons. The van der Waals surface area contributed by atoms with Gasteiger partial charge < -0.3 is 9.64 Å². The van der Waals surface area contributed by atoms with Gasteiger partial charge in [-0.05, 0) is 56.0 Å². The van der Waals surface area contributed by atoms with Crippen LogP contribution in [0.15, 0.2) is 24.3 Å². The van der Waals surface area contributed by atoms with Crippen LogP contribution in [0.25, 0.3) is 0 Å². The lowest BCUT2D eigenvalue weighted by Crippen LogP contribution is -2.48. The molecule has 2 aliphatic rings. The SMILES string of the molecule is CC1CC(=O)NNC1c1ccc(OCCCN2CCCCC2)cc1. The summed E-state index contributed by atoms with van der Waals surface area (Å²) in [6, 6.07) is 8.40. The first-order valence-corrected chi connectivity index (χ1v) is 9.22. The second-order valence-electron chi connectivity index (χ2n) is 7.02. The molecule has 2 saturated heterocycles. The highest BCUT2D eigenvalue weighted by molar-refractivity contribution is 5.76. The minimum atomic E-state index is 0.0624. The van der Waals surface area contributed by atoms with Crippen molar-refractivity contribution >= 4 is 5.91 Å². The quantitative estimate of drug-likeness (QED) is 0.787. The van der Waals surface area contributed by atoms with Gasteiger partial charge in [-0.2, -0.15) is 0 Å². The number of rotatable bonds is 6. The molecule has 5 heteroatoms. The van der Waals surface area contributed by atoms with Gasteiger partial charge in [0.15, 0.2) is 0 Å². The maximum absolute atomic E-state index is 11.4. The van der Waals surface area contributed by atoms with E-state index in [1.165, 1.54) is 37.9 Å². The van der Waals surface area contributed by atoms with Crippen LogP contribution < -0.4 is 15.6 Å². The van der Waals surface area contributed by atoms with Gasteiger partial charge in [0.25, 0.3) is 0 Å². The summed E-state index contributed by atoms with van der Waals surface area (Å²) in [5.41, 5.74) is 7.00. The smallest absolute Gasteiger partial charge is 0.234 e. The fourth-order valence-electron chi connectivity index (χ4n) is 3.61. The normalized spacial score (nSPS) is 25.3. The van der Waals surface area contributed by atoms with Crippen molar-refractivity contribution in [1.29, 1.82) is 0 Å². The molecule has 2 N–H and O–H groups in total. The van der Waals surface area contributed by atoms with E-state index in [-0.39, 0.29) is 17.9 Å².